The predicted octanol–water partition coefficient (Wildman–Crippen LogP) is 3.20. The van der Waals surface area contributed by atoms with E-state index in [0.29, 0.717) is 5.92 Å². The van der Waals surface area contributed by atoms with Crippen LogP contribution >= 0.6 is 0 Å². The Labute approximate surface area is 114 Å². The van der Waals surface area contributed by atoms with Gasteiger partial charge in [0, 0.05) is 5.41 Å². The highest BCUT2D eigenvalue weighted by atomic mass is 16.3. The summed E-state index contributed by atoms with van der Waals surface area (Å²) in [6.45, 7) is 6.61. The lowest BCUT2D eigenvalue weighted by molar-refractivity contribution is 0.273. The average molecular weight is 262 g/mol. The van der Waals surface area contributed by atoms with Gasteiger partial charge in [0.05, 0.1) is 11.4 Å². The highest BCUT2D eigenvalue weighted by molar-refractivity contribution is 5.42. The second-order valence-electron chi connectivity index (χ2n) is 5.50. The minimum absolute atomic E-state index is 0.0779. The van der Waals surface area contributed by atoms with Crippen LogP contribution in [0.2, 0.25) is 0 Å². The molecule has 0 bridgehead atoms. The minimum atomic E-state index is -0.248. The second-order valence-corrected chi connectivity index (χ2v) is 5.50. The second kappa shape index (κ2) is 5.03. The third kappa shape index (κ3) is 2.62. The molecule has 1 aliphatic carbocycles. The first kappa shape index (κ1) is 13.6. The molecule has 2 aliphatic rings. The summed E-state index contributed by atoms with van der Waals surface area (Å²) >= 11 is 0. The Morgan fingerprint density at radius 2 is 1.84 bits per heavy atom. The zero-order chi connectivity index (χ0) is 14.0. The van der Waals surface area contributed by atoms with E-state index < -0.39 is 0 Å². The summed E-state index contributed by atoms with van der Waals surface area (Å²) in [5.74, 6) is 0.00949. The molecule has 0 saturated carbocycles. The molecule has 0 amide bonds. The van der Waals surface area contributed by atoms with Crippen molar-refractivity contribution >= 4 is 0 Å². The molecule has 0 aromatic heterocycles. The molecule has 19 heavy (non-hydrogen) atoms. The summed E-state index contributed by atoms with van der Waals surface area (Å²) in [4.78, 5) is 0. The van der Waals surface area contributed by atoms with Gasteiger partial charge in [-0.15, -0.1) is 0 Å². The van der Waals surface area contributed by atoms with Gasteiger partial charge in [-0.1, -0.05) is 39.3 Å². The Kier molecular flexibility index (Phi) is 3.60. The summed E-state index contributed by atoms with van der Waals surface area (Å²) in [5.41, 5.74) is 1.48. The molecule has 1 heterocycles. The number of hydrogen-bond donors (Lipinski definition) is 4. The van der Waals surface area contributed by atoms with Crippen LogP contribution < -0.4 is 10.6 Å². The van der Waals surface area contributed by atoms with Gasteiger partial charge in [0.1, 0.15) is 0 Å². The van der Waals surface area contributed by atoms with E-state index in [1.54, 1.807) is 0 Å². The SMILES string of the molecule is CCCC(C)C1(C)C=CC=C2NC(O)=C(O)NC2=C1. The standard InChI is InChI=1S/C15H22N2O2/c1-4-6-10(2)15(3)8-5-7-11-12(9-15)17-14(19)13(18)16-11/h5,7-10,16-19H,4,6H2,1-3H3. The van der Waals surface area contributed by atoms with E-state index in [1.807, 2.05) is 12.2 Å². The highest BCUT2D eigenvalue weighted by Crippen LogP contribution is 2.37. The summed E-state index contributed by atoms with van der Waals surface area (Å²) in [5, 5.41) is 24.7. The zero-order valence-electron chi connectivity index (χ0n) is 11.7. The summed E-state index contributed by atoms with van der Waals surface area (Å²) in [6, 6.07) is 0. The zero-order valence-corrected chi connectivity index (χ0v) is 11.7. The molecular weight excluding hydrogens is 240 g/mol. The fourth-order valence-electron chi connectivity index (χ4n) is 2.51. The van der Waals surface area contributed by atoms with Crippen LogP contribution in [-0.2, 0) is 0 Å². The van der Waals surface area contributed by atoms with Gasteiger partial charge < -0.3 is 20.8 Å². The van der Waals surface area contributed by atoms with E-state index in [-0.39, 0.29) is 17.2 Å². The first-order chi connectivity index (χ1) is 8.96. The van der Waals surface area contributed by atoms with Gasteiger partial charge in [0.2, 0.25) is 0 Å². The van der Waals surface area contributed by atoms with Crippen molar-refractivity contribution in [2.45, 2.75) is 33.6 Å². The van der Waals surface area contributed by atoms with Crippen LogP contribution in [-0.4, -0.2) is 10.2 Å². The lowest BCUT2D eigenvalue weighted by Crippen LogP contribution is -2.33. The number of hydrogen-bond acceptors (Lipinski definition) is 4. The van der Waals surface area contributed by atoms with E-state index in [4.69, 9.17) is 0 Å². The van der Waals surface area contributed by atoms with E-state index in [1.165, 1.54) is 0 Å². The third-order valence-electron chi connectivity index (χ3n) is 3.98. The van der Waals surface area contributed by atoms with Crippen LogP contribution in [0.25, 0.3) is 0 Å². The Morgan fingerprint density at radius 3 is 2.47 bits per heavy atom. The van der Waals surface area contributed by atoms with Crippen molar-refractivity contribution in [1.29, 1.82) is 0 Å². The average Bonchev–Trinajstić information content (AvgIpc) is 2.50. The summed E-state index contributed by atoms with van der Waals surface area (Å²) in [7, 11) is 0. The monoisotopic (exact) mass is 262 g/mol. The Morgan fingerprint density at radius 1 is 1.21 bits per heavy atom. The van der Waals surface area contributed by atoms with E-state index in [0.717, 1.165) is 24.2 Å². The van der Waals surface area contributed by atoms with Gasteiger partial charge in [-0.3, -0.25) is 0 Å². The molecule has 4 nitrogen and oxygen atoms in total. The lowest BCUT2D eigenvalue weighted by Gasteiger charge is -2.31. The summed E-state index contributed by atoms with van der Waals surface area (Å²) in [6.07, 6.45) is 10.5. The maximum Gasteiger partial charge on any atom is 0.251 e. The molecule has 1 aliphatic heterocycles. The van der Waals surface area contributed by atoms with Crippen molar-refractivity contribution in [3.8, 4) is 0 Å². The molecule has 4 N–H and O–H groups in total. The largest absolute Gasteiger partial charge is 0.491 e. The Balaban J connectivity index is 2.34. The van der Waals surface area contributed by atoms with Crippen LogP contribution in [0.1, 0.15) is 33.6 Å². The molecule has 4 heteroatoms. The Bertz CT molecular complexity index is 488. The topological polar surface area (TPSA) is 64.5 Å². The van der Waals surface area contributed by atoms with Crippen LogP contribution in [0.5, 0.6) is 0 Å². The van der Waals surface area contributed by atoms with Crippen molar-refractivity contribution in [2.75, 3.05) is 0 Å². The molecule has 104 valence electrons. The third-order valence-corrected chi connectivity index (χ3v) is 3.98. The van der Waals surface area contributed by atoms with Crippen LogP contribution in [0.15, 0.2) is 47.5 Å². The van der Waals surface area contributed by atoms with E-state index in [9.17, 15) is 10.2 Å². The maximum atomic E-state index is 9.59. The number of nitrogens with one attached hydrogen (secondary N) is 2. The Hall–Kier alpha value is -1.84. The van der Waals surface area contributed by atoms with E-state index >= 15 is 0 Å². The van der Waals surface area contributed by atoms with Gasteiger partial charge in [0.15, 0.2) is 0 Å². The molecule has 0 spiro atoms. The van der Waals surface area contributed by atoms with Gasteiger partial charge in [-0.2, -0.15) is 0 Å². The van der Waals surface area contributed by atoms with Gasteiger partial charge in [-0.05, 0) is 24.5 Å². The molecule has 0 saturated heterocycles. The minimum Gasteiger partial charge on any atom is -0.491 e. The smallest absolute Gasteiger partial charge is 0.251 e. The van der Waals surface area contributed by atoms with Crippen molar-refractivity contribution in [3.63, 3.8) is 0 Å². The van der Waals surface area contributed by atoms with Crippen LogP contribution in [0.4, 0.5) is 0 Å². The van der Waals surface area contributed by atoms with Crippen LogP contribution in [0, 0.1) is 11.3 Å². The molecule has 0 radical (unpaired) electrons. The number of fused-ring (bicyclic) bond motifs is 1. The molecular formula is C15H22N2O2. The molecule has 0 aromatic rings. The van der Waals surface area contributed by atoms with Gasteiger partial charge >= 0.3 is 0 Å². The van der Waals surface area contributed by atoms with Gasteiger partial charge in [0.25, 0.3) is 11.8 Å². The molecule has 2 atom stereocenters. The summed E-state index contributed by atoms with van der Waals surface area (Å²) < 4.78 is 0. The molecule has 0 aromatic carbocycles. The maximum absolute atomic E-state index is 9.59. The quantitative estimate of drug-likeness (QED) is 0.630. The fourth-order valence-corrected chi connectivity index (χ4v) is 2.51. The highest BCUT2D eigenvalue weighted by Gasteiger charge is 2.30. The predicted molar refractivity (Wildman–Crippen MR) is 76.0 cm³/mol. The number of aliphatic hydroxyl groups excluding tert-OH is 2. The molecule has 2 unspecified atom stereocenters. The van der Waals surface area contributed by atoms with Crippen molar-refractivity contribution < 1.29 is 10.2 Å². The molecule has 2 rings (SSSR count). The normalized spacial score (nSPS) is 27.5. The lowest BCUT2D eigenvalue weighted by atomic mass is 9.75. The van der Waals surface area contributed by atoms with Gasteiger partial charge in [-0.25, -0.2) is 0 Å². The fraction of sp³-hybridized carbons (Fsp3) is 0.467. The van der Waals surface area contributed by atoms with Crippen molar-refractivity contribution in [2.24, 2.45) is 11.3 Å². The molecule has 0 fully saturated rings. The first-order valence-electron chi connectivity index (χ1n) is 6.75. The van der Waals surface area contributed by atoms with Crippen molar-refractivity contribution in [3.05, 3.63) is 47.5 Å². The first-order valence-corrected chi connectivity index (χ1v) is 6.75. The van der Waals surface area contributed by atoms with Crippen molar-refractivity contribution in [1.82, 2.24) is 10.6 Å². The number of aliphatic hydroxyl groups is 2. The number of rotatable bonds is 3. The number of allylic oxidation sites excluding steroid dienone is 4. The van der Waals surface area contributed by atoms with Crippen LogP contribution in [0.3, 0.4) is 0 Å². The van der Waals surface area contributed by atoms with E-state index in [2.05, 4.69) is 43.6 Å².